The SMILES string of the molecule is CCOc1cccc(C2C(N)CC(=O)N2C(C)C)c1. The third-order valence-corrected chi connectivity index (χ3v) is 3.47. The van der Waals surface area contributed by atoms with Gasteiger partial charge in [0.25, 0.3) is 0 Å². The molecule has 0 radical (unpaired) electrons. The fourth-order valence-corrected chi connectivity index (χ4v) is 2.75. The van der Waals surface area contributed by atoms with E-state index >= 15 is 0 Å². The first-order chi connectivity index (χ1) is 9.04. The van der Waals surface area contributed by atoms with Crippen LogP contribution in [0, 0.1) is 0 Å². The summed E-state index contributed by atoms with van der Waals surface area (Å²) >= 11 is 0. The molecule has 2 atom stereocenters. The lowest BCUT2D eigenvalue weighted by Gasteiger charge is -2.30. The van der Waals surface area contributed by atoms with E-state index in [4.69, 9.17) is 10.5 Å². The van der Waals surface area contributed by atoms with E-state index in [1.807, 2.05) is 49.9 Å². The van der Waals surface area contributed by atoms with E-state index in [1.165, 1.54) is 0 Å². The maximum Gasteiger partial charge on any atom is 0.225 e. The summed E-state index contributed by atoms with van der Waals surface area (Å²) in [7, 11) is 0. The Labute approximate surface area is 114 Å². The Morgan fingerprint density at radius 3 is 2.84 bits per heavy atom. The third-order valence-electron chi connectivity index (χ3n) is 3.47. The first-order valence-corrected chi connectivity index (χ1v) is 6.84. The summed E-state index contributed by atoms with van der Waals surface area (Å²) in [5, 5.41) is 0. The second kappa shape index (κ2) is 5.61. The minimum atomic E-state index is -0.147. The van der Waals surface area contributed by atoms with Crippen molar-refractivity contribution in [3.05, 3.63) is 29.8 Å². The highest BCUT2D eigenvalue weighted by atomic mass is 16.5. The Hall–Kier alpha value is -1.55. The summed E-state index contributed by atoms with van der Waals surface area (Å²) in [4.78, 5) is 13.9. The number of carbonyl (C=O) groups excluding carboxylic acids is 1. The molecule has 19 heavy (non-hydrogen) atoms. The molecular weight excluding hydrogens is 240 g/mol. The summed E-state index contributed by atoms with van der Waals surface area (Å²) in [6.07, 6.45) is 0.418. The van der Waals surface area contributed by atoms with E-state index in [2.05, 4.69) is 0 Å². The normalized spacial score (nSPS) is 23.2. The highest BCUT2D eigenvalue weighted by Crippen LogP contribution is 2.34. The zero-order valence-electron chi connectivity index (χ0n) is 11.8. The molecule has 0 saturated carbocycles. The molecular formula is C15H22N2O2. The van der Waals surface area contributed by atoms with Crippen LogP contribution in [0.1, 0.15) is 38.8 Å². The topological polar surface area (TPSA) is 55.6 Å². The average molecular weight is 262 g/mol. The van der Waals surface area contributed by atoms with Gasteiger partial charge in [-0.05, 0) is 38.5 Å². The first kappa shape index (κ1) is 13.9. The number of nitrogens with zero attached hydrogens (tertiary/aromatic N) is 1. The van der Waals surface area contributed by atoms with Gasteiger partial charge in [-0.25, -0.2) is 0 Å². The molecule has 0 aliphatic carbocycles. The lowest BCUT2D eigenvalue weighted by molar-refractivity contribution is -0.130. The lowest BCUT2D eigenvalue weighted by atomic mass is 10.00. The van der Waals surface area contributed by atoms with Crippen molar-refractivity contribution >= 4 is 5.91 Å². The first-order valence-electron chi connectivity index (χ1n) is 6.84. The Balaban J connectivity index is 2.32. The van der Waals surface area contributed by atoms with Gasteiger partial charge < -0.3 is 15.4 Å². The van der Waals surface area contributed by atoms with Crippen LogP contribution in [0.5, 0.6) is 5.75 Å². The van der Waals surface area contributed by atoms with E-state index in [0.29, 0.717) is 13.0 Å². The van der Waals surface area contributed by atoms with Crippen LogP contribution >= 0.6 is 0 Å². The smallest absolute Gasteiger partial charge is 0.225 e. The van der Waals surface area contributed by atoms with E-state index in [0.717, 1.165) is 11.3 Å². The number of nitrogens with two attached hydrogens (primary N) is 1. The van der Waals surface area contributed by atoms with E-state index in [1.54, 1.807) is 0 Å². The largest absolute Gasteiger partial charge is 0.494 e. The van der Waals surface area contributed by atoms with Crippen molar-refractivity contribution in [3.63, 3.8) is 0 Å². The van der Waals surface area contributed by atoms with Crippen LogP contribution in [-0.2, 0) is 4.79 Å². The number of benzene rings is 1. The molecule has 1 heterocycles. The van der Waals surface area contributed by atoms with Crippen LogP contribution < -0.4 is 10.5 Å². The van der Waals surface area contributed by atoms with Gasteiger partial charge in [0.05, 0.1) is 12.6 Å². The molecule has 2 unspecified atom stereocenters. The van der Waals surface area contributed by atoms with Crippen LogP contribution in [0.15, 0.2) is 24.3 Å². The Morgan fingerprint density at radius 1 is 1.47 bits per heavy atom. The molecule has 1 amide bonds. The van der Waals surface area contributed by atoms with E-state index in [9.17, 15) is 4.79 Å². The van der Waals surface area contributed by atoms with Gasteiger partial charge in [-0.2, -0.15) is 0 Å². The van der Waals surface area contributed by atoms with Gasteiger partial charge in [0.2, 0.25) is 5.91 Å². The van der Waals surface area contributed by atoms with Crippen LogP contribution in [0.3, 0.4) is 0 Å². The predicted molar refractivity (Wildman–Crippen MR) is 74.9 cm³/mol. The van der Waals surface area contributed by atoms with Crippen molar-refractivity contribution < 1.29 is 9.53 Å². The fourth-order valence-electron chi connectivity index (χ4n) is 2.75. The molecule has 0 spiro atoms. The number of carbonyl (C=O) groups is 1. The molecule has 1 saturated heterocycles. The summed E-state index contributed by atoms with van der Waals surface area (Å²) in [5.74, 6) is 0.963. The van der Waals surface area contributed by atoms with Gasteiger partial charge >= 0.3 is 0 Å². The highest BCUT2D eigenvalue weighted by Gasteiger charge is 2.39. The molecule has 1 aliphatic rings. The molecule has 2 rings (SSSR count). The number of likely N-dealkylation sites (tertiary alicyclic amines) is 1. The number of ether oxygens (including phenoxy) is 1. The van der Waals surface area contributed by atoms with Crippen molar-refractivity contribution in [2.75, 3.05) is 6.61 Å². The Bertz CT molecular complexity index is 459. The van der Waals surface area contributed by atoms with Crippen molar-refractivity contribution in [1.29, 1.82) is 0 Å². The molecule has 1 aliphatic heterocycles. The van der Waals surface area contributed by atoms with E-state index < -0.39 is 0 Å². The number of amides is 1. The maximum atomic E-state index is 12.0. The number of hydrogen-bond acceptors (Lipinski definition) is 3. The van der Waals surface area contributed by atoms with Crippen molar-refractivity contribution in [2.24, 2.45) is 5.73 Å². The van der Waals surface area contributed by atoms with Crippen LogP contribution in [0.4, 0.5) is 0 Å². The van der Waals surface area contributed by atoms with Gasteiger partial charge in [0, 0.05) is 18.5 Å². The second-order valence-corrected chi connectivity index (χ2v) is 5.21. The van der Waals surface area contributed by atoms with Gasteiger partial charge in [0.15, 0.2) is 0 Å². The van der Waals surface area contributed by atoms with Crippen LogP contribution in [0.2, 0.25) is 0 Å². The van der Waals surface area contributed by atoms with Crippen molar-refractivity contribution in [3.8, 4) is 5.75 Å². The Morgan fingerprint density at radius 2 is 2.21 bits per heavy atom. The summed E-state index contributed by atoms with van der Waals surface area (Å²) in [6, 6.07) is 7.84. The number of rotatable bonds is 4. The molecule has 0 aromatic heterocycles. The molecule has 1 fully saturated rings. The van der Waals surface area contributed by atoms with Crippen LogP contribution in [0.25, 0.3) is 0 Å². The molecule has 0 bridgehead atoms. The maximum absolute atomic E-state index is 12.0. The molecule has 4 heteroatoms. The lowest BCUT2D eigenvalue weighted by Crippen LogP contribution is -2.37. The molecule has 104 valence electrons. The quantitative estimate of drug-likeness (QED) is 0.904. The zero-order chi connectivity index (χ0) is 14.0. The van der Waals surface area contributed by atoms with Gasteiger partial charge in [-0.1, -0.05) is 12.1 Å². The average Bonchev–Trinajstić information content (AvgIpc) is 2.65. The summed E-state index contributed by atoms with van der Waals surface area (Å²) in [6.45, 7) is 6.63. The summed E-state index contributed by atoms with van der Waals surface area (Å²) in [5.41, 5.74) is 7.20. The standard InChI is InChI=1S/C15H22N2O2/c1-4-19-12-7-5-6-11(8-12)15-13(16)9-14(18)17(15)10(2)3/h5-8,10,13,15H,4,9,16H2,1-3H3. The predicted octanol–water partition coefficient (Wildman–Crippen LogP) is 2.09. The second-order valence-electron chi connectivity index (χ2n) is 5.21. The van der Waals surface area contributed by atoms with Crippen molar-refractivity contribution in [1.82, 2.24) is 4.90 Å². The van der Waals surface area contributed by atoms with Gasteiger partial charge in [-0.15, -0.1) is 0 Å². The van der Waals surface area contributed by atoms with Gasteiger partial charge in [-0.3, -0.25) is 4.79 Å². The van der Waals surface area contributed by atoms with Gasteiger partial charge in [0.1, 0.15) is 5.75 Å². The van der Waals surface area contributed by atoms with E-state index in [-0.39, 0.29) is 24.0 Å². The van der Waals surface area contributed by atoms with Crippen molar-refractivity contribution in [2.45, 2.75) is 45.3 Å². The number of hydrogen-bond donors (Lipinski definition) is 1. The zero-order valence-corrected chi connectivity index (χ0v) is 11.8. The minimum Gasteiger partial charge on any atom is -0.494 e. The monoisotopic (exact) mass is 262 g/mol. The van der Waals surface area contributed by atoms with Crippen LogP contribution in [-0.4, -0.2) is 29.5 Å². The molecule has 4 nitrogen and oxygen atoms in total. The minimum absolute atomic E-state index is 0.0482. The molecule has 2 N–H and O–H groups in total. The molecule has 1 aromatic carbocycles. The third kappa shape index (κ3) is 2.73. The summed E-state index contributed by atoms with van der Waals surface area (Å²) < 4.78 is 5.52. The molecule has 1 aromatic rings. The highest BCUT2D eigenvalue weighted by molar-refractivity contribution is 5.80. The fraction of sp³-hybridized carbons (Fsp3) is 0.533. The Kier molecular flexibility index (Phi) is 4.10.